The third kappa shape index (κ3) is 2.66. The largest absolute Gasteiger partial charge is 0.382 e. The summed E-state index contributed by atoms with van der Waals surface area (Å²) in [7, 11) is 0. The van der Waals surface area contributed by atoms with Crippen molar-refractivity contribution >= 4 is 44.8 Å². The first-order chi connectivity index (χ1) is 9.22. The summed E-state index contributed by atoms with van der Waals surface area (Å²) < 4.78 is 0. The second kappa shape index (κ2) is 5.10. The second-order valence-electron chi connectivity index (χ2n) is 4.08. The first-order valence-corrected chi connectivity index (χ1v) is 7.59. The van der Waals surface area contributed by atoms with Crippen LogP contribution in [0.4, 0.5) is 11.8 Å². The number of anilines is 2. The number of aromatic nitrogens is 3. The first kappa shape index (κ1) is 12.3. The van der Waals surface area contributed by atoms with Gasteiger partial charge in [-0.15, -0.1) is 11.3 Å². The third-order valence-corrected chi connectivity index (χ3v) is 4.43. The van der Waals surface area contributed by atoms with E-state index in [0.717, 1.165) is 22.8 Å². The summed E-state index contributed by atoms with van der Waals surface area (Å²) in [5, 5.41) is 6.24. The average molecular weight is 291 g/mol. The lowest BCUT2D eigenvalue weighted by Gasteiger charge is -2.04. The van der Waals surface area contributed by atoms with Gasteiger partial charge in [0.1, 0.15) is 5.52 Å². The molecule has 0 amide bonds. The molecule has 7 heteroatoms. The Balaban J connectivity index is 1.74. The quantitative estimate of drug-likeness (QED) is 0.773. The highest BCUT2D eigenvalue weighted by Gasteiger charge is 2.09. The van der Waals surface area contributed by atoms with Crippen LogP contribution in [0, 0.1) is 6.92 Å². The average Bonchev–Trinajstić information content (AvgIpc) is 2.98. The molecule has 3 N–H and O–H groups in total. The molecule has 0 radical (unpaired) electrons. The van der Waals surface area contributed by atoms with Gasteiger partial charge in [0.25, 0.3) is 0 Å². The topological polar surface area (TPSA) is 76.7 Å². The molecule has 0 fully saturated rings. The van der Waals surface area contributed by atoms with Crippen LogP contribution in [0.2, 0.25) is 0 Å². The fraction of sp³-hybridized carbons (Fsp3) is 0.250. The number of thiophene rings is 1. The van der Waals surface area contributed by atoms with Crippen molar-refractivity contribution in [3.05, 3.63) is 27.4 Å². The summed E-state index contributed by atoms with van der Waals surface area (Å²) in [6, 6.07) is 4.18. The van der Waals surface area contributed by atoms with Gasteiger partial charge in [0.05, 0.1) is 5.01 Å². The smallest absolute Gasteiger partial charge is 0.226 e. The van der Waals surface area contributed by atoms with Crippen molar-refractivity contribution in [2.24, 2.45) is 0 Å². The summed E-state index contributed by atoms with van der Waals surface area (Å²) in [6.45, 7) is 2.74. The van der Waals surface area contributed by atoms with Crippen LogP contribution in [0.3, 0.4) is 0 Å². The monoisotopic (exact) mass is 291 g/mol. The zero-order chi connectivity index (χ0) is 13.2. The van der Waals surface area contributed by atoms with E-state index in [9.17, 15) is 0 Å². The number of nitrogen functional groups attached to an aromatic ring is 1. The SMILES string of the molecule is Cc1nc2c(N)nc(NCCc3cccs3)nc2s1. The van der Waals surface area contributed by atoms with Crippen LogP contribution in [0.25, 0.3) is 10.3 Å². The zero-order valence-corrected chi connectivity index (χ0v) is 12.0. The summed E-state index contributed by atoms with van der Waals surface area (Å²) in [5.74, 6) is 1.01. The number of fused-ring (bicyclic) bond motifs is 1. The zero-order valence-electron chi connectivity index (χ0n) is 10.4. The second-order valence-corrected chi connectivity index (χ2v) is 6.29. The van der Waals surface area contributed by atoms with Gasteiger partial charge in [-0.25, -0.2) is 9.97 Å². The van der Waals surface area contributed by atoms with Crippen molar-refractivity contribution in [1.82, 2.24) is 15.0 Å². The fourth-order valence-electron chi connectivity index (χ4n) is 1.78. The molecule has 3 aromatic heterocycles. The van der Waals surface area contributed by atoms with E-state index in [1.165, 1.54) is 16.2 Å². The van der Waals surface area contributed by atoms with Crippen molar-refractivity contribution in [3.63, 3.8) is 0 Å². The number of rotatable bonds is 4. The lowest BCUT2D eigenvalue weighted by Crippen LogP contribution is -2.08. The molecule has 0 unspecified atom stereocenters. The van der Waals surface area contributed by atoms with Crippen LogP contribution < -0.4 is 11.1 Å². The van der Waals surface area contributed by atoms with Gasteiger partial charge in [-0.3, -0.25) is 0 Å². The lowest BCUT2D eigenvalue weighted by molar-refractivity contribution is 1.01. The van der Waals surface area contributed by atoms with E-state index in [2.05, 4.69) is 37.8 Å². The van der Waals surface area contributed by atoms with Crippen molar-refractivity contribution in [1.29, 1.82) is 0 Å². The molecular formula is C12H13N5S2. The maximum Gasteiger partial charge on any atom is 0.226 e. The fourth-order valence-corrected chi connectivity index (χ4v) is 3.28. The Morgan fingerprint density at radius 2 is 2.21 bits per heavy atom. The summed E-state index contributed by atoms with van der Waals surface area (Å²) in [6.07, 6.45) is 0.959. The maximum atomic E-state index is 5.89. The number of hydrogen-bond donors (Lipinski definition) is 2. The van der Waals surface area contributed by atoms with Crippen molar-refractivity contribution in [2.75, 3.05) is 17.6 Å². The maximum absolute atomic E-state index is 5.89. The Hall–Kier alpha value is -1.73. The Kier molecular flexibility index (Phi) is 3.31. The highest BCUT2D eigenvalue weighted by molar-refractivity contribution is 7.18. The van der Waals surface area contributed by atoms with Crippen molar-refractivity contribution in [3.8, 4) is 0 Å². The number of nitrogens with two attached hydrogens (primary N) is 1. The number of thiazole rings is 1. The molecule has 3 heterocycles. The predicted molar refractivity (Wildman–Crippen MR) is 80.9 cm³/mol. The minimum absolute atomic E-state index is 0.438. The minimum Gasteiger partial charge on any atom is -0.382 e. The van der Waals surface area contributed by atoms with Gasteiger partial charge in [-0.05, 0) is 24.8 Å². The minimum atomic E-state index is 0.438. The molecule has 3 rings (SSSR count). The van der Waals surface area contributed by atoms with Gasteiger partial charge < -0.3 is 11.1 Å². The highest BCUT2D eigenvalue weighted by atomic mass is 32.1. The van der Waals surface area contributed by atoms with Crippen LogP contribution in [0.5, 0.6) is 0 Å². The molecule has 3 aromatic rings. The van der Waals surface area contributed by atoms with Gasteiger partial charge in [0.15, 0.2) is 10.6 Å². The molecule has 0 bridgehead atoms. The van der Waals surface area contributed by atoms with E-state index in [4.69, 9.17) is 5.73 Å². The van der Waals surface area contributed by atoms with Crippen LogP contribution in [0.1, 0.15) is 9.88 Å². The molecule has 5 nitrogen and oxygen atoms in total. The summed E-state index contributed by atoms with van der Waals surface area (Å²) >= 11 is 3.29. The molecule has 0 aromatic carbocycles. The number of aryl methyl sites for hydroxylation is 1. The van der Waals surface area contributed by atoms with E-state index in [1.54, 1.807) is 11.3 Å². The van der Waals surface area contributed by atoms with Crippen LogP contribution in [-0.2, 0) is 6.42 Å². The highest BCUT2D eigenvalue weighted by Crippen LogP contribution is 2.24. The van der Waals surface area contributed by atoms with Crippen molar-refractivity contribution < 1.29 is 0 Å². The molecule has 0 aliphatic heterocycles. The Labute approximate surface area is 118 Å². The molecule has 0 aliphatic rings. The molecule has 0 saturated heterocycles. The lowest BCUT2D eigenvalue weighted by atomic mass is 10.3. The Morgan fingerprint density at radius 1 is 1.32 bits per heavy atom. The van der Waals surface area contributed by atoms with Crippen molar-refractivity contribution in [2.45, 2.75) is 13.3 Å². The van der Waals surface area contributed by atoms with Gasteiger partial charge >= 0.3 is 0 Å². The molecule has 19 heavy (non-hydrogen) atoms. The van der Waals surface area contributed by atoms with E-state index >= 15 is 0 Å². The van der Waals surface area contributed by atoms with Gasteiger partial charge in [0.2, 0.25) is 5.95 Å². The molecule has 0 spiro atoms. The predicted octanol–water partition coefficient (Wildman–Crippen LogP) is 2.69. The van der Waals surface area contributed by atoms with E-state index < -0.39 is 0 Å². The molecular weight excluding hydrogens is 278 g/mol. The number of hydrogen-bond acceptors (Lipinski definition) is 7. The summed E-state index contributed by atoms with van der Waals surface area (Å²) in [5.41, 5.74) is 6.59. The number of nitrogens with one attached hydrogen (secondary N) is 1. The van der Waals surface area contributed by atoms with E-state index in [1.807, 2.05) is 6.92 Å². The molecule has 0 aliphatic carbocycles. The van der Waals surface area contributed by atoms with Crippen LogP contribution in [0.15, 0.2) is 17.5 Å². The van der Waals surface area contributed by atoms with Crippen LogP contribution in [-0.4, -0.2) is 21.5 Å². The Morgan fingerprint density at radius 3 is 3.00 bits per heavy atom. The molecule has 0 saturated carbocycles. The van der Waals surface area contributed by atoms with Gasteiger partial charge in [-0.1, -0.05) is 17.4 Å². The van der Waals surface area contributed by atoms with E-state index in [-0.39, 0.29) is 0 Å². The third-order valence-electron chi connectivity index (χ3n) is 2.63. The molecule has 98 valence electrons. The standard InChI is InChI=1S/C12H13N5S2/c1-7-15-9-10(13)16-12(17-11(9)19-7)14-5-4-8-3-2-6-18-8/h2-3,6H,4-5H2,1H3,(H3,13,14,16,17). The molecule has 0 atom stereocenters. The normalized spacial score (nSPS) is 11.0. The van der Waals surface area contributed by atoms with E-state index in [0.29, 0.717) is 17.3 Å². The number of nitrogens with zero attached hydrogens (tertiary/aromatic N) is 3. The van der Waals surface area contributed by atoms with Gasteiger partial charge in [-0.2, -0.15) is 4.98 Å². The summed E-state index contributed by atoms with van der Waals surface area (Å²) in [4.78, 5) is 15.2. The van der Waals surface area contributed by atoms with Crippen LogP contribution >= 0.6 is 22.7 Å². The van der Waals surface area contributed by atoms with Gasteiger partial charge in [0, 0.05) is 11.4 Å². The Bertz CT molecular complexity index is 690. The first-order valence-electron chi connectivity index (χ1n) is 5.89.